The van der Waals surface area contributed by atoms with Crippen molar-refractivity contribution in [3.63, 3.8) is 0 Å². The van der Waals surface area contributed by atoms with E-state index in [0.29, 0.717) is 16.7 Å². The predicted molar refractivity (Wildman–Crippen MR) is 83.5 cm³/mol. The highest BCUT2D eigenvalue weighted by atomic mass is 32.2. The fourth-order valence-corrected chi connectivity index (χ4v) is 4.35. The Bertz CT molecular complexity index is 798. The molecule has 2 aliphatic rings. The average molecular weight is 301 g/mol. The zero-order chi connectivity index (χ0) is 14.6. The number of aromatic nitrogens is 1. The first kappa shape index (κ1) is 13.3. The van der Waals surface area contributed by atoms with Gasteiger partial charge in [0.05, 0.1) is 4.90 Å². The molecule has 21 heavy (non-hydrogen) atoms. The Kier molecular flexibility index (Phi) is 3.03. The normalized spacial score (nSPS) is 21.7. The molecule has 110 valence electrons. The van der Waals surface area contributed by atoms with E-state index >= 15 is 0 Å². The van der Waals surface area contributed by atoms with Gasteiger partial charge in [0.2, 0.25) is 0 Å². The molecule has 0 saturated heterocycles. The molecule has 1 unspecified atom stereocenters. The summed E-state index contributed by atoms with van der Waals surface area (Å²) in [6.07, 6.45) is 7.22. The second kappa shape index (κ2) is 4.80. The third-order valence-electron chi connectivity index (χ3n) is 4.85. The summed E-state index contributed by atoms with van der Waals surface area (Å²) in [4.78, 5) is 5.10. The van der Waals surface area contributed by atoms with Gasteiger partial charge >= 0.3 is 0 Å². The monoisotopic (exact) mass is 301 g/mol. The first-order valence-electron chi connectivity index (χ1n) is 7.72. The molecule has 1 heterocycles. The number of aryl methyl sites for hydroxylation is 1. The number of hydrogen-bond donors (Lipinski definition) is 1. The van der Waals surface area contributed by atoms with Crippen LogP contribution in [0, 0.1) is 5.92 Å². The summed E-state index contributed by atoms with van der Waals surface area (Å²) in [6.45, 7) is 2.21. The molecular formula is C17H19NO2S. The molecule has 0 bridgehead atoms. The average Bonchev–Trinajstić information content (AvgIpc) is 3.28. The quantitative estimate of drug-likeness (QED) is 0.866. The second-order valence-corrected chi connectivity index (χ2v) is 7.53. The van der Waals surface area contributed by atoms with Crippen LogP contribution in [-0.4, -0.2) is 13.4 Å². The van der Waals surface area contributed by atoms with E-state index in [1.54, 1.807) is 0 Å². The van der Waals surface area contributed by atoms with E-state index in [-0.39, 0.29) is 0 Å². The van der Waals surface area contributed by atoms with Gasteiger partial charge in [0, 0.05) is 28.6 Å². The van der Waals surface area contributed by atoms with Gasteiger partial charge in [-0.05, 0) is 61.3 Å². The molecule has 0 radical (unpaired) electrons. The Labute approximate surface area is 126 Å². The zero-order valence-corrected chi connectivity index (χ0v) is 13.0. The summed E-state index contributed by atoms with van der Waals surface area (Å²) in [5.74, 6) is 1.11. The summed E-state index contributed by atoms with van der Waals surface area (Å²) in [6, 6.07) is 4.18. The maximum absolute atomic E-state index is 11.9. The van der Waals surface area contributed by atoms with Crippen LogP contribution in [0.3, 0.4) is 0 Å². The largest absolute Gasteiger partial charge is 0.260 e. The first-order chi connectivity index (χ1) is 10.1. The lowest BCUT2D eigenvalue weighted by Crippen LogP contribution is -2.13. The molecule has 4 heteroatoms. The van der Waals surface area contributed by atoms with Crippen molar-refractivity contribution in [1.82, 2.24) is 4.98 Å². The van der Waals surface area contributed by atoms with Gasteiger partial charge in [-0.3, -0.25) is 4.98 Å². The molecule has 3 nitrogen and oxygen atoms in total. The number of fused-ring (bicyclic) bond motifs is 2. The van der Waals surface area contributed by atoms with Crippen LogP contribution in [0.1, 0.15) is 48.9 Å². The van der Waals surface area contributed by atoms with Gasteiger partial charge in [-0.25, -0.2) is 8.42 Å². The predicted octanol–water partition coefficient (Wildman–Crippen LogP) is 3.21. The zero-order valence-electron chi connectivity index (χ0n) is 12.1. The summed E-state index contributed by atoms with van der Waals surface area (Å²) < 4.78 is 23.8. The van der Waals surface area contributed by atoms with E-state index in [9.17, 15) is 8.42 Å². The molecule has 0 spiro atoms. The van der Waals surface area contributed by atoms with Crippen molar-refractivity contribution in [2.75, 3.05) is 0 Å². The van der Waals surface area contributed by atoms with E-state index in [1.165, 1.54) is 18.4 Å². The molecule has 1 aromatic heterocycles. The number of rotatable bonds is 2. The standard InChI is InChI=1S/C17H19NO2S/c1-10-2-3-12-7-13-9-18-16(11-4-5-11)8-15(13)17(21(19)20)14(12)6-10/h7-11,21H,2-6H2,1H3. The Morgan fingerprint density at radius 2 is 2.00 bits per heavy atom. The number of pyridine rings is 1. The fourth-order valence-electron chi connectivity index (χ4n) is 3.51. The van der Waals surface area contributed by atoms with E-state index in [0.717, 1.165) is 41.3 Å². The Morgan fingerprint density at radius 1 is 1.19 bits per heavy atom. The minimum absolute atomic E-state index is 0.543. The molecule has 0 aliphatic heterocycles. The minimum atomic E-state index is -2.57. The third-order valence-corrected chi connectivity index (χ3v) is 5.73. The molecule has 1 aromatic carbocycles. The number of nitrogens with zero attached hydrogens (tertiary/aromatic N) is 1. The van der Waals surface area contributed by atoms with Crippen molar-refractivity contribution in [1.29, 1.82) is 0 Å². The molecule has 2 aromatic rings. The van der Waals surface area contributed by atoms with Crippen molar-refractivity contribution < 1.29 is 8.42 Å². The maximum Gasteiger partial charge on any atom is 0.169 e. The highest BCUT2D eigenvalue weighted by Gasteiger charge is 2.27. The van der Waals surface area contributed by atoms with Crippen molar-refractivity contribution in [3.05, 3.63) is 35.2 Å². The van der Waals surface area contributed by atoms with E-state index < -0.39 is 10.7 Å². The van der Waals surface area contributed by atoms with Crippen molar-refractivity contribution in [2.45, 2.75) is 49.8 Å². The van der Waals surface area contributed by atoms with E-state index in [4.69, 9.17) is 0 Å². The molecule has 1 fully saturated rings. The third kappa shape index (κ3) is 2.26. The Balaban J connectivity index is 2.02. The first-order valence-corrected chi connectivity index (χ1v) is 8.90. The van der Waals surface area contributed by atoms with Crippen LogP contribution >= 0.6 is 0 Å². The SMILES string of the molecule is CC1CCc2cc3cnc(C4CC4)cc3c([SH](=O)=O)c2C1. The van der Waals surface area contributed by atoms with Crippen molar-refractivity contribution in [3.8, 4) is 0 Å². The smallest absolute Gasteiger partial charge is 0.169 e. The maximum atomic E-state index is 11.9. The summed E-state index contributed by atoms with van der Waals surface area (Å²) >= 11 is 0. The molecule has 0 N–H and O–H groups in total. The topological polar surface area (TPSA) is 47.0 Å². The lowest BCUT2D eigenvalue weighted by molar-refractivity contribution is 0.495. The van der Waals surface area contributed by atoms with Crippen LogP contribution in [0.15, 0.2) is 23.2 Å². The van der Waals surface area contributed by atoms with Gasteiger partial charge in [-0.15, -0.1) is 0 Å². The Morgan fingerprint density at radius 3 is 2.71 bits per heavy atom. The van der Waals surface area contributed by atoms with Crippen molar-refractivity contribution in [2.24, 2.45) is 5.92 Å². The van der Waals surface area contributed by atoms with E-state index in [2.05, 4.69) is 18.0 Å². The number of thiol groups is 1. The summed E-state index contributed by atoms with van der Waals surface area (Å²) in [7, 11) is -2.57. The van der Waals surface area contributed by atoms with Crippen LogP contribution in [0.5, 0.6) is 0 Å². The molecule has 1 atom stereocenters. The van der Waals surface area contributed by atoms with E-state index in [1.807, 2.05) is 12.3 Å². The minimum Gasteiger partial charge on any atom is -0.260 e. The highest BCUT2D eigenvalue weighted by molar-refractivity contribution is 7.72. The lowest BCUT2D eigenvalue weighted by Gasteiger charge is -2.24. The van der Waals surface area contributed by atoms with Gasteiger partial charge in [0.1, 0.15) is 0 Å². The molecule has 0 amide bonds. The van der Waals surface area contributed by atoms with Crippen LogP contribution in [0.4, 0.5) is 0 Å². The molecule has 1 saturated carbocycles. The Hall–Kier alpha value is -1.42. The van der Waals surface area contributed by atoms with Gasteiger partial charge in [-0.1, -0.05) is 6.92 Å². The van der Waals surface area contributed by atoms with Crippen LogP contribution < -0.4 is 0 Å². The van der Waals surface area contributed by atoms with Crippen LogP contribution in [0.2, 0.25) is 0 Å². The molecule has 2 aliphatic carbocycles. The van der Waals surface area contributed by atoms with Gasteiger partial charge in [-0.2, -0.15) is 0 Å². The van der Waals surface area contributed by atoms with Gasteiger partial charge in [0.15, 0.2) is 10.7 Å². The second-order valence-electron chi connectivity index (χ2n) is 6.57. The lowest BCUT2D eigenvalue weighted by atomic mass is 9.83. The summed E-state index contributed by atoms with van der Waals surface area (Å²) in [5.41, 5.74) is 3.32. The number of hydrogen-bond acceptors (Lipinski definition) is 3. The van der Waals surface area contributed by atoms with Gasteiger partial charge < -0.3 is 0 Å². The van der Waals surface area contributed by atoms with Crippen molar-refractivity contribution >= 4 is 21.5 Å². The summed E-state index contributed by atoms with van der Waals surface area (Å²) in [5, 5.41) is 1.86. The highest BCUT2D eigenvalue weighted by Crippen LogP contribution is 2.41. The number of benzene rings is 1. The fraction of sp³-hybridized carbons (Fsp3) is 0.471. The molecule has 4 rings (SSSR count). The van der Waals surface area contributed by atoms with Crippen LogP contribution in [0.25, 0.3) is 10.8 Å². The van der Waals surface area contributed by atoms with Crippen LogP contribution in [-0.2, 0) is 23.5 Å². The van der Waals surface area contributed by atoms with Gasteiger partial charge in [0.25, 0.3) is 0 Å². The molecular weight excluding hydrogens is 282 g/mol.